The molecule has 0 fully saturated rings. The number of halogens is 1. The molecule has 10 heteroatoms. The van der Waals surface area contributed by atoms with Crippen LogP contribution < -0.4 is 24.4 Å². The average molecular weight is 587 g/mol. The van der Waals surface area contributed by atoms with E-state index in [1.807, 2.05) is 38.1 Å². The molecule has 2 aromatic carbocycles. The Balaban J connectivity index is 1.93. The Labute approximate surface area is 226 Å². The largest absolute Gasteiger partial charge is 0.504 e. The fourth-order valence-electron chi connectivity index (χ4n) is 4.11. The minimum absolute atomic E-state index is 0.00817. The molecule has 1 N–H and O–H groups in total. The summed E-state index contributed by atoms with van der Waals surface area (Å²) in [6.45, 7) is 7.54. The first-order chi connectivity index (χ1) is 17.6. The number of fused-ring (bicyclic) bond motifs is 1. The number of methoxy groups -OCH3 is 1. The van der Waals surface area contributed by atoms with Crippen molar-refractivity contribution in [1.29, 1.82) is 0 Å². The number of phenolic OH excluding ortho intramolecular Hbond substituents is 1. The van der Waals surface area contributed by atoms with Crippen molar-refractivity contribution in [3.8, 4) is 17.2 Å². The molecule has 1 aromatic heterocycles. The molecule has 194 valence electrons. The Morgan fingerprint density at radius 1 is 1.27 bits per heavy atom. The summed E-state index contributed by atoms with van der Waals surface area (Å²) in [5.41, 5.74) is 1.55. The lowest BCUT2D eigenvalue weighted by molar-refractivity contribution is -0.139. The highest BCUT2D eigenvalue weighted by atomic mass is 79.9. The molecule has 0 saturated carbocycles. The van der Waals surface area contributed by atoms with Crippen molar-refractivity contribution in [1.82, 2.24) is 4.57 Å². The molecule has 8 nitrogen and oxygen atoms in total. The van der Waals surface area contributed by atoms with E-state index < -0.39 is 12.0 Å². The summed E-state index contributed by atoms with van der Waals surface area (Å²) in [7, 11) is 1.45. The predicted octanol–water partition coefficient (Wildman–Crippen LogP) is 4.06. The molecule has 37 heavy (non-hydrogen) atoms. The minimum atomic E-state index is -0.740. The standard InChI is InChI=1S/C27H27BrN2O6S/c1-6-35-26(33)22-15(4)29-27-30(23(22)16-7-9-19(10-8-16)36-14(2)3)25(32)21(37-27)12-17-11-18(28)13-20(34-5)24(17)31/h7-14,23,31H,6H2,1-5H3/b21-12-/t23-/m1/s1. The van der Waals surface area contributed by atoms with Crippen LogP contribution in [0, 0.1) is 0 Å². The maximum atomic E-state index is 13.8. The molecule has 0 bridgehead atoms. The Morgan fingerprint density at radius 2 is 1.97 bits per heavy atom. The van der Waals surface area contributed by atoms with Crippen LogP contribution in [-0.4, -0.2) is 35.5 Å². The molecule has 0 saturated heterocycles. The summed E-state index contributed by atoms with van der Waals surface area (Å²) in [5.74, 6) is 0.344. The maximum absolute atomic E-state index is 13.8. The second-order valence-corrected chi connectivity index (χ2v) is 10.5. The van der Waals surface area contributed by atoms with E-state index in [0.29, 0.717) is 42.0 Å². The van der Waals surface area contributed by atoms with Gasteiger partial charge in [0.05, 0.1) is 41.7 Å². The summed E-state index contributed by atoms with van der Waals surface area (Å²) >= 11 is 4.58. The number of phenols is 1. The number of carbonyl (C=O) groups is 1. The van der Waals surface area contributed by atoms with Gasteiger partial charge in [-0.15, -0.1) is 0 Å². The van der Waals surface area contributed by atoms with Crippen molar-refractivity contribution < 1.29 is 24.1 Å². The van der Waals surface area contributed by atoms with Crippen LogP contribution in [0.5, 0.6) is 17.2 Å². The number of aromatic hydroxyl groups is 1. The highest BCUT2D eigenvalue weighted by Crippen LogP contribution is 2.34. The van der Waals surface area contributed by atoms with E-state index in [-0.39, 0.29) is 29.8 Å². The van der Waals surface area contributed by atoms with Crippen LogP contribution in [0.3, 0.4) is 0 Å². The molecular formula is C27H27BrN2O6S. The Morgan fingerprint density at radius 3 is 2.59 bits per heavy atom. The van der Waals surface area contributed by atoms with Crippen LogP contribution in [0.15, 0.2) is 61.9 Å². The monoisotopic (exact) mass is 586 g/mol. The van der Waals surface area contributed by atoms with Crippen molar-refractivity contribution in [2.45, 2.75) is 39.8 Å². The summed E-state index contributed by atoms with van der Waals surface area (Å²) in [4.78, 5) is 31.8. The summed E-state index contributed by atoms with van der Waals surface area (Å²) < 4.78 is 18.9. The molecule has 2 heterocycles. The first-order valence-electron chi connectivity index (χ1n) is 11.7. The van der Waals surface area contributed by atoms with Crippen LogP contribution in [-0.2, 0) is 9.53 Å². The van der Waals surface area contributed by atoms with Crippen molar-refractivity contribution in [2.75, 3.05) is 13.7 Å². The minimum Gasteiger partial charge on any atom is -0.504 e. The molecule has 0 spiro atoms. The second-order valence-electron chi connectivity index (χ2n) is 8.58. The fraction of sp³-hybridized carbons (Fsp3) is 0.296. The highest BCUT2D eigenvalue weighted by Gasteiger charge is 2.33. The van der Waals surface area contributed by atoms with Gasteiger partial charge in [-0.1, -0.05) is 39.4 Å². The molecule has 0 amide bonds. The topological polar surface area (TPSA) is 99.4 Å². The summed E-state index contributed by atoms with van der Waals surface area (Å²) in [5, 5.41) is 10.6. The lowest BCUT2D eigenvalue weighted by Crippen LogP contribution is -2.39. The average Bonchev–Trinajstić information content (AvgIpc) is 3.14. The lowest BCUT2D eigenvalue weighted by atomic mass is 9.96. The van der Waals surface area contributed by atoms with Crippen LogP contribution in [0.2, 0.25) is 0 Å². The number of benzene rings is 2. The van der Waals surface area contributed by atoms with Crippen molar-refractivity contribution in [3.63, 3.8) is 0 Å². The summed E-state index contributed by atoms with van der Waals surface area (Å²) in [6, 6.07) is 9.89. The van der Waals surface area contributed by atoms with Crippen LogP contribution >= 0.6 is 27.3 Å². The fourth-order valence-corrected chi connectivity index (χ4v) is 5.60. The lowest BCUT2D eigenvalue weighted by Gasteiger charge is -2.25. The van der Waals surface area contributed by atoms with Gasteiger partial charge in [0, 0.05) is 10.0 Å². The van der Waals surface area contributed by atoms with E-state index >= 15 is 0 Å². The third-order valence-electron chi connectivity index (χ3n) is 5.66. The number of thiazole rings is 1. The van der Waals surface area contributed by atoms with Gasteiger partial charge in [-0.3, -0.25) is 9.36 Å². The molecule has 3 aromatic rings. The zero-order chi connectivity index (χ0) is 26.9. The third-order valence-corrected chi connectivity index (χ3v) is 7.10. The number of aromatic nitrogens is 1. The van der Waals surface area contributed by atoms with Crippen molar-refractivity contribution in [2.24, 2.45) is 4.99 Å². The van der Waals surface area contributed by atoms with E-state index in [9.17, 15) is 14.7 Å². The van der Waals surface area contributed by atoms with Gasteiger partial charge in [0.25, 0.3) is 5.56 Å². The molecule has 0 aliphatic carbocycles. The van der Waals surface area contributed by atoms with E-state index in [0.717, 1.165) is 0 Å². The Hall–Kier alpha value is -3.37. The van der Waals surface area contributed by atoms with Gasteiger partial charge >= 0.3 is 5.97 Å². The zero-order valence-corrected chi connectivity index (χ0v) is 23.5. The SMILES string of the molecule is CCOC(=O)C1=C(C)N=c2s/c(=C\c3cc(Br)cc(OC)c3O)c(=O)n2[C@@H]1c1ccc(OC(C)C)cc1. The molecule has 4 rings (SSSR count). The van der Waals surface area contributed by atoms with Gasteiger partial charge in [-0.05, 0) is 63.6 Å². The van der Waals surface area contributed by atoms with E-state index in [1.54, 1.807) is 32.1 Å². The van der Waals surface area contributed by atoms with E-state index in [1.165, 1.54) is 23.0 Å². The molecule has 1 aliphatic heterocycles. The van der Waals surface area contributed by atoms with Gasteiger partial charge < -0.3 is 19.3 Å². The first-order valence-corrected chi connectivity index (χ1v) is 13.3. The molecule has 0 radical (unpaired) electrons. The van der Waals surface area contributed by atoms with E-state index in [2.05, 4.69) is 20.9 Å². The maximum Gasteiger partial charge on any atom is 0.338 e. The van der Waals surface area contributed by atoms with Crippen LogP contribution in [0.1, 0.15) is 44.9 Å². The number of ether oxygens (including phenoxy) is 3. The number of esters is 1. The molecule has 1 atom stereocenters. The first kappa shape index (κ1) is 26.7. The number of hydrogen-bond acceptors (Lipinski definition) is 8. The number of allylic oxidation sites excluding steroid dienone is 1. The predicted molar refractivity (Wildman–Crippen MR) is 145 cm³/mol. The van der Waals surface area contributed by atoms with Gasteiger partial charge in [0.15, 0.2) is 16.3 Å². The van der Waals surface area contributed by atoms with Crippen LogP contribution in [0.25, 0.3) is 6.08 Å². The van der Waals surface area contributed by atoms with Crippen LogP contribution in [0.4, 0.5) is 0 Å². The normalized spacial score (nSPS) is 15.4. The molecular weight excluding hydrogens is 560 g/mol. The smallest absolute Gasteiger partial charge is 0.338 e. The summed E-state index contributed by atoms with van der Waals surface area (Å²) in [6.07, 6.45) is 1.60. The quantitative estimate of drug-likeness (QED) is 0.419. The Kier molecular flexibility index (Phi) is 7.89. The van der Waals surface area contributed by atoms with Gasteiger partial charge in [0.1, 0.15) is 5.75 Å². The van der Waals surface area contributed by atoms with E-state index in [4.69, 9.17) is 14.2 Å². The molecule has 1 aliphatic rings. The number of nitrogens with zero attached hydrogens (tertiary/aromatic N) is 2. The number of hydrogen-bond donors (Lipinski definition) is 1. The second kappa shape index (κ2) is 10.9. The highest BCUT2D eigenvalue weighted by molar-refractivity contribution is 9.10. The van der Waals surface area contributed by atoms with Gasteiger partial charge in [0.2, 0.25) is 0 Å². The third kappa shape index (κ3) is 5.35. The van der Waals surface area contributed by atoms with Crippen molar-refractivity contribution >= 4 is 39.3 Å². The number of rotatable bonds is 7. The zero-order valence-electron chi connectivity index (χ0n) is 21.1. The van der Waals surface area contributed by atoms with Crippen molar-refractivity contribution in [3.05, 3.63) is 83.0 Å². The van der Waals surface area contributed by atoms with Gasteiger partial charge in [-0.2, -0.15) is 0 Å². The number of carbonyl (C=O) groups excluding carboxylic acids is 1. The van der Waals surface area contributed by atoms with Gasteiger partial charge in [-0.25, -0.2) is 9.79 Å². The Bertz CT molecular complexity index is 1550. The molecule has 0 unspecified atom stereocenters.